The number of nitrogens with zero attached hydrogens (tertiary/aromatic N) is 2. The minimum atomic E-state index is -0.0327. The molecule has 2 atom stereocenters. The van der Waals surface area contributed by atoms with Gasteiger partial charge in [0.25, 0.3) is 0 Å². The lowest BCUT2D eigenvalue weighted by atomic mass is 10.1. The van der Waals surface area contributed by atoms with Crippen molar-refractivity contribution in [2.24, 2.45) is 0 Å². The van der Waals surface area contributed by atoms with E-state index in [1.807, 2.05) is 72.0 Å². The number of para-hydroxylation sites is 1. The van der Waals surface area contributed by atoms with Gasteiger partial charge in [-0.1, -0.05) is 24.3 Å². The lowest BCUT2D eigenvalue weighted by molar-refractivity contribution is -0.143. The summed E-state index contributed by atoms with van der Waals surface area (Å²) in [6, 6.07) is 13.8. The monoisotopic (exact) mass is 525 g/mol. The highest BCUT2D eigenvalue weighted by molar-refractivity contribution is 8.00. The smallest absolute Gasteiger partial charge is 0.242 e. The molecule has 8 nitrogen and oxygen atoms in total. The van der Waals surface area contributed by atoms with E-state index in [1.54, 1.807) is 14.2 Å². The minimum absolute atomic E-state index is 0.0327. The van der Waals surface area contributed by atoms with Gasteiger partial charge in [0.15, 0.2) is 11.5 Å². The summed E-state index contributed by atoms with van der Waals surface area (Å²) in [5.41, 5.74) is 2.05. The molecule has 4 rings (SSSR count). The summed E-state index contributed by atoms with van der Waals surface area (Å²) in [7, 11) is 3.22. The number of benzene rings is 2. The lowest BCUT2D eigenvalue weighted by Gasteiger charge is -2.35. The maximum absolute atomic E-state index is 13.1. The van der Waals surface area contributed by atoms with Crippen LogP contribution in [0.2, 0.25) is 0 Å². The molecule has 1 N–H and O–H groups in total. The summed E-state index contributed by atoms with van der Waals surface area (Å²) in [5.74, 6) is 1.70. The van der Waals surface area contributed by atoms with E-state index in [-0.39, 0.29) is 30.6 Å². The Hall–Kier alpha value is -3.17. The molecule has 1 aliphatic heterocycles. The van der Waals surface area contributed by atoms with E-state index in [0.717, 1.165) is 21.4 Å². The molecular formula is C28H35N3O5S. The topological polar surface area (TPSA) is 82.0 Å². The largest absolute Gasteiger partial charge is 0.493 e. The van der Waals surface area contributed by atoms with Crippen LogP contribution in [0.1, 0.15) is 19.4 Å². The number of nitrogens with one attached hydrogen (secondary N) is 1. The molecule has 1 aromatic heterocycles. The number of rotatable bonds is 10. The Morgan fingerprint density at radius 2 is 1.78 bits per heavy atom. The minimum Gasteiger partial charge on any atom is -0.493 e. The van der Waals surface area contributed by atoms with E-state index < -0.39 is 0 Å². The summed E-state index contributed by atoms with van der Waals surface area (Å²) in [6.45, 7) is 5.99. The van der Waals surface area contributed by atoms with Gasteiger partial charge in [-0.2, -0.15) is 0 Å². The van der Waals surface area contributed by atoms with Crippen molar-refractivity contribution in [3.05, 3.63) is 54.2 Å². The highest BCUT2D eigenvalue weighted by Crippen LogP contribution is 2.30. The lowest BCUT2D eigenvalue weighted by Crippen LogP contribution is -2.49. The Kier molecular flexibility index (Phi) is 9.00. The molecule has 0 spiro atoms. The van der Waals surface area contributed by atoms with Crippen molar-refractivity contribution in [2.45, 2.75) is 43.9 Å². The fourth-order valence-corrected chi connectivity index (χ4v) is 5.58. The first-order valence-corrected chi connectivity index (χ1v) is 13.5. The number of aromatic nitrogens is 1. The number of hydrogen-bond acceptors (Lipinski definition) is 6. The van der Waals surface area contributed by atoms with Crippen molar-refractivity contribution in [2.75, 3.05) is 39.6 Å². The Morgan fingerprint density at radius 1 is 1.05 bits per heavy atom. The van der Waals surface area contributed by atoms with Gasteiger partial charge in [0.05, 0.1) is 32.2 Å². The fourth-order valence-electron chi connectivity index (χ4n) is 4.66. The van der Waals surface area contributed by atoms with Crippen LogP contribution >= 0.6 is 11.8 Å². The summed E-state index contributed by atoms with van der Waals surface area (Å²) in [6.07, 6.45) is 2.74. The van der Waals surface area contributed by atoms with E-state index in [1.165, 1.54) is 11.8 Å². The first-order chi connectivity index (χ1) is 17.9. The zero-order chi connectivity index (χ0) is 26.4. The molecule has 1 fully saturated rings. The molecule has 0 unspecified atom stereocenters. The molecule has 0 aliphatic carbocycles. The van der Waals surface area contributed by atoms with Gasteiger partial charge in [0, 0.05) is 41.6 Å². The Balaban J connectivity index is 1.33. The standard InChI is InChI=1S/C28H35N3O5S/c1-19-14-31(15-20(2)36-19)28(33)17-30-16-26(22-7-5-6-8-23(22)30)37-18-27(32)29-12-11-21-9-10-24(34-3)25(13-21)35-4/h5-10,13,16,19-20H,11-12,14-15,17-18H2,1-4H3,(H,29,32)/t19-,20-/m0/s1. The quantitative estimate of drug-likeness (QED) is 0.406. The van der Waals surface area contributed by atoms with Crippen LogP contribution in [0, 0.1) is 0 Å². The van der Waals surface area contributed by atoms with Crippen LogP contribution in [0.4, 0.5) is 0 Å². The van der Waals surface area contributed by atoms with Crippen molar-refractivity contribution < 1.29 is 23.8 Å². The van der Waals surface area contributed by atoms with Gasteiger partial charge >= 0.3 is 0 Å². The number of hydrogen-bond donors (Lipinski definition) is 1. The summed E-state index contributed by atoms with van der Waals surface area (Å²) in [5, 5.41) is 4.04. The fraction of sp³-hybridized carbons (Fsp3) is 0.429. The SMILES string of the molecule is COc1ccc(CCNC(=O)CSc2cn(CC(=O)N3C[C@H](C)O[C@@H](C)C3)c3ccccc23)cc1OC. The summed E-state index contributed by atoms with van der Waals surface area (Å²) < 4.78 is 18.4. The van der Waals surface area contributed by atoms with Gasteiger partial charge in [-0.25, -0.2) is 0 Å². The second-order valence-corrected chi connectivity index (χ2v) is 10.3. The third-order valence-electron chi connectivity index (χ3n) is 6.37. The van der Waals surface area contributed by atoms with E-state index >= 15 is 0 Å². The molecule has 0 radical (unpaired) electrons. The molecule has 0 saturated carbocycles. The number of ether oxygens (including phenoxy) is 3. The highest BCUT2D eigenvalue weighted by atomic mass is 32.2. The van der Waals surface area contributed by atoms with Crippen LogP contribution in [0.25, 0.3) is 10.9 Å². The molecule has 0 bridgehead atoms. The van der Waals surface area contributed by atoms with Crippen LogP contribution in [0.3, 0.4) is 0 Å². The van der Waals surface area contributed by atoms with Crippen LogP contribution < -0.4 is 14.8 Å². The molecule has 37 heavy (non-hydrogen) atoms. The number of fused-ring (bicyclic) bond motifs is 1. The van der Waals surface area contributed by atoms with E-state index in [4.69, 9.17) is 14.2 Å². The van der Waals surface area contributed by atoms with Gasteiger partial charge < -0.3 is 29.0 Å². The molecule has 2 heterocycles. The number of methoxy groups -OCH3 is 2. The van der Waals surface area contributed by atoms with Crippen molar-refractivity contribution in [1.29, 1.82) is 0 Å². The zero-order valence-electron chi connectivity index (χ0n) is 21.9. The maximum atomic E-state index is 13.1. The molecular weight excluding hydrogens is 490 g/mol. The average Bonchev–Trinajstić information content (AvgIpc) is 3.24. The first kappa shape index (κ1) is 26.9. The van der Waals surface area contributed by atoms with E-state index in [0.29, 0.717) is 43.3 Å². The van der Waals surface area contributed by atoms with Gasteiger partial charge in [0.2, 0.25) is 11.8 Å². The van der Waals surface area contributed by atoms with E-state index in [2.05, 4.69) is 5.32 Å². The number of amides is 2. The second-order valence-electron chi connectivity index (χ2n) is 9.27. The van der Waals surface area contributed by atoms with Crippen molar-refractivity contribution >= 4 is 34.5 Å². The Bertz CT molecular complexity index is 1230. The van der Waals surface area contributed by atoms with Gasteiger partial charge in [0.1, 0.15) is 6.54 Å². The Labute approximate surface area is 222 Å². The molecule has 1 saturated heterocycles. The van der Waals surface area contributed by atoms with E-state index in [9.17, 15) is 9.59 Å². The molecule has 1 aliphatic rings. The third-order valence-corrected chi connectivity index (χ3v) is 7.42. The normalized spacial score (nSPS) is 17.6. The maximum Gasteiger partial charge on any atom is 0.242 e. The van der Waals surface area contributed by atoms with Gasteiger partial charge in [-0.3, -0.25) is 9.59 Å². The summed E-state index contributed by atoms with van der Waals surface area (Å²) >= 11 is 1.49. The van der Waals surface area contributed by atoms with Crippen LogP contribution in [0.15, 0.2) is 53.6 Å². The predicted molar refractivity (Wildman–Crippen MR) is 146 cm³/mol. The predicted octanol–water partition coefficient (Wildman–Crippen LogP) is 3.75. The highest BCUT2D eigenvalue weighted by Gasteiger charge is 2.26. The average molecular weight is 526 g/mol. The molecule has 2 aromatic carbocycles. The number of carbonyl (C=O) groups is 2. The molecule has 3 aromatic rings. The van der Waals surface area contributed by atoms with Gasteiger partial charge in [-0.05, 0) is 44.0 Å². The number of morpholine rings is 1. The molecule has 2 amide bonds. The Morgan fingerprint density at radius 3 is 2.51 bits per heavy atom. The zero-order valence-corrected chi connectivity index (χ0v) is 22.7. The van der Waals surface area contributed by atoms with Crippen LogP contribution in [-0.4, -0.2) is 73.1 Å². The van der Waals surface area contributed by atoms with Crippen molar-refractivity contribution in [3.8, 4) is 11.5 Å². The van der Waals surface area contributed by atoms with Crippen molar-refractivity contribution in [1.82, 2.24) is 14.8 Å². The van der Waals surface area contributed by atoms with Crippen LogP contribution in [0.5, 0.6) is 11.5 Å². The second kappa shape index (κ2) is 12.4. The first-order valence-electron chi connectivity index (χ1n) is 12.5. The number of carbonyl (C=O) groups excluding carboxylic acids is 2. The number of thioether (sulfide) groups is 1. The molecule has 9 heteroatoms. The van der Waals surface area contributed by atoms with Gasteiger partial charge in [-0.15, -0.1) is 11.8 Å². The molecule has 198 valence electrons. The third kappa shape index (κ3) is 6.78. The van der Waals surface area contributed by atoms with Crippen molar-refractivity contribution in [3.63, 3.8) is 0 Å². The summed E-state index contributed by atoms with van der Waals surface area (Å²) in [4.78, 5) is 28.5. The van der Waals surface area contributed by atoms with Crippen LogP contribution in [-0.2, 0) is 27.3 Å².